The van der Waals surface area contributed by atoms with Gasteiger partial charge in [-0.05, 0) is 51.8 Å². The highest BCUT2D eigenvalue weighted by atomic mass is 16.7. The Morgan fingerprint density at radius 1 is 1.10 bits per heavy atom. The summed E-state index contributed by atoms with van der Waals surface area (Å²) >= 11 is 0. The van der Waals surface area contributed by atoms with Crippen LogP contribution in [0.1, 0.15) is 40.2 Å². The fourth-order valence-electron chi connectivity index (χ4n) is 2.64. The topological polar surface area (TPSA) is 34.2 Å². The number of nitrogens with one attached hydrogen (secondary N) is 1. The van der Waals surface area contributed by atoms with E-state index in [-0.39, 0.29) is 18.3 Å². The predicted molar refractivity (Wildman–Crippen MR) is 83.4 cm³/mol. The fraction of sp³-hybridized carbons (Fsp3) is 0.500. The van der Waals surface area contributed by atoms with E-state index < -0.39 is 0 Å². The van der Waals surface area contributed by atoms with E-state index in [9.17, 15) is 0 Å². The minimum atomic E-state index is -0.322. The lowest BCUT2D eigenvalue weighted by Gasteiger charge is -2.32. The van der Waals surface area contributed by atoms with Gasteiger partial charge < -0.3 is 14.3 Å². The summed E-state index contributed by atoms with van der Waals surface area (Å²) < 4.78 is 12.2. The first-order chi connectivity index (χ1) is 9.34. The van der Waals surface area contributed by atoms with Crippen molar-refractivity contribution in [1.82, 2.24) is 4.98 Å². The van der Waals surface area contributed by atoms with Crippen molar-refractivity contribution in [2.24, 2.45) is 0 Å². The smallest absolute Gasteiger partial charge is 0.398 e. The second kappa shape index (κ2) is 4.37. The minimum absolute atomic E-state index is 0.303. The molecule has 1 fully saturated rings. The van der Waals surface area contributed by atoms with Crippen molar-refractivity contribution in [2.75, 3.05) is 0 Å². The van der Waals surface area contributed by atoms with E-state index in [1.54, 1.807) is 0 Å². The van der Waals surface area contributed by atoms with Gasteiger partial charge in [-0.1, -0.05) is 19.1 Å². The Bertz CT molecular complexity index is 629. The molecule has 1 aromatic carbocycles. The lowest BCUT2D eigenvalue weighted by atomic mass is 9.85. The molecule has 1 aliphatic rings. The van der Waals surface area contributed by atoms with Gasteiger partial charge in [-0.25, -0.2) is 0 Å². The Balaban J connectivity index is 2.00. The molecule has 20 heavy (non-hydrogen) atoms. The SMILES string of the molecule is CCc1cccc2[nH]c(B3OC(C)(C)C(C)(C)O3)cc12. The van der Waals surface area contributed by atoms with E-state index in [4.69, 9.17) is 9.31 Å². The number of aryl methyl sites for hydroxylation is 1. The van der Waals surface area contributed by atoms with Gasteiger partial charge in [0.1, 0.15) is 0 Å². The molecule has 3 nitrogen and oxygen atoms in total. The summed E-state index contributed by atoms with van der Waals surface area (Å²) in [5, 5.41) is 1.26. The molecule has 1 aliphatic heterocycles. The van der Waals surface area contributed by atoms with Crippen molar-refractivity contribution in [3.05, 3.63) is 29.8 Å². The van der Waals surface area contributed by atoms with Crippen LogP contribution in [-0.4, -0.2) is 23.3 Å². The standard InChI is InChI=1S/C16H22BNO2/c1-6-11-8-7-9-13-12(11)10-14(18-13)17-19-15(2,3)16(4,5)20-17/h7-10,18H,6H2,1-5H3. The molecule has 2 aromatic rings. The van der Waals surface area contributed by atoms with Crippen LogP contribution in [0.5, 0.6) is 0 Å². The molecule has 0 atom stereocenters. The molecule has 0 radical (unpaired) electrons. The highest BCUT2D eigenvalue weighted by Crippen LogP contribution is 2.36. The third-order valence-corrected chi connectivity index (χ3v) is 4.66. The Labute approximate surface area is 120 Å². The second-order valence-electron chi connectivity index (χ2n) is 6.54. The number of fused-ring (bicyclic) bond motifs is 1. The zero-order chi connectivity index (χ0) is 14.5. The van der Waals surface area contributed by atoms with Crippen LogP contribution in [0.3, 0.4) is 0 Å². The van der Waals surface area contributed by atoms with Crippen molar-refractivity contribution >= 4 is 23.6 Å². The number of aromatic nitrogens is 1. The van der Waals surface area contributed by atoms with Crippen LogP contribution < -0.4 is 5.59 Å². The average Bonchev–Trinajstić information content (AvgIpc) is 2.88. The molecule has 1 saturated heterocycles. The maximum atomic E-state index is 6.10. The third kappa shape index (κ3) is 1.98. The summed E-state index contributed by atoms with van der Waals surface area (Å²) in [4.78, 5) is 3.44. The molecule has 1 N–H and O–H groups in total. The number of benzene rings is 1. The van der Waals surface area contributed by atoms with Gasteiger partial charge in [0.15, 0.2) is 0 Å². The number of rotatable bonds is 2. The van der Waals surface area contributed by atoms with Crippen LogP contribution in [-0.2, 0) is 15.7 Å². The molecular weight excluding hydrogens is 249 g/mol. The van der Waals surface area contributed by atoms with Crippen molar-refractivity contribution < 1.29 is 9.31 Å². The molecule has 0 saturated carbocycles. The van der Waals surface area contributed by atoms with E-state index >= 15 is 0 Å². The molecule has 4 heteroatoms. The summed E-state index contributed by atoms with van der Waals surface area (Å²) in [5.74, 6) is 0. The lowest BCUT2D eigenvalue weighted by molar-refractivity contribution is 0.00578. The third-order valence-electron chi connectivity index (χ3n) is 4.66. The van der Waals surface area contributed by atoms with Gasteiger partial charge in [0.05, 0.1) is 11.2 Å². The van der Waals surface area contributed by atoms with Crippen molar-refractivity contribution in [3.8, 4) is 0 Å². The normalized spacial score (nSPS) is 20.8. The lowest BCUT2D eigenvalue weighted by Crippen LogP contribution is -2.41. The second-order valence-corrected chi connectivity index (χ2v) is 6.54. The number of hydrogen-bond acceptors (Lipinski definition) is 2. The van der Waals surface area contributed by atoms with Crippen LogP contribution >= 0.6 is 0 Å². The summed E-state index contributed by atoms with van der Waals surface area (Å²) in [5.41, 5.74) is 2.89. The summed E-state index contributed by atoms with van der Waals surface area (Å²) in [6.45, 7) is 10.5. The largest absolute Gasteiger partial charge is 0.512 e. The van der Waals surface area contributed by atoms with Crippen molar-refractivity contribution in [2.45, 2.75) is 52.2 Å². The molecule has 0 unspecified atom stereocenters. The van der Waals surface area contributed by atoms with Gasteiger partial charge in [0.25, 0.3) is 0 Å². The molecule has 0 amide bonds. The molecule has 3 rings (SSSR count). The molecule has 1 aromatic heterocycles. The van der Waals surface area contributed by atoms with E-state index in [0.717, 1.165) is 17.5 Å². The number of H-pyrrole nitrogens is 1. The van der Waals surface area contributed by atoms with E-state index in [1.807, 2.05) is 0 Å². The van der Waals surface area contributed by atoms with E-state index in [2.05, 4.69) is 63.9 Å². The molecule has 106 valence electrons. The first-order valence-corrected chi connectivity index (χ1v) is 7.30. The molecular formula is C16H22BNO2. The monoisotopic (exact) mass is 271 g/mol. The number of aromatic amines is 1. The van der Waals surface area contributed by atoms with Gasteiger partial charge in [-0.2, -0.15) is 0 Å². The molecule has 0 aliphatic carbocycles. The Kier molecular flexibility index (Phi) is 3.00. The van der Waals surface area contributed by atoms with Crippen LogP contribution in [0.15, 0.2) is 24.3 Å². The highest BCUT2D eigenvalue weighted by Gasteiger charge is 2.52. The minimum Gasteiger partial charge on any atom is -0.398 e. The first-order valence-electron chi connectivity index (χ1n) is 7.30. The maximum Gasteiger partial charge on any atom is 0.512 e. The molecule has 2 heterocycles. The zero-order valence-corrected chi connectivity index (χ0v) is 12.9. The van der Waals surface area contributed by atoms with Crippen molar-refractivity contribution in [1.29, 1.82) is 0 Å². The summed E-state index contributed by atoms with van der Waals surface area (Å²) in [6, 6.07) is 8.52. The fourth-order valence-corrected chi connectivity index (χ4v) is 2.64. The zero-order valence-electron chi connectivity index (χ0n) is 12.9. The Morgan fingerprint density at radius 3 is 2.35 bits per heavy atom. The molecule has 0 spiro atoms. The van der Waals surface area contributed by atoms with Crippen LogP contribution in [0.25, 0.3) is 10.9 Å². The quantitative estimate of drug-likeness (QED) is 0.852. The van der Waals surface area contributed by atoms with Gasteiger partial charge in [0, 0.05) is 16.5 Å². The average molecular weight is 271 g/mol. The van der Waals surface area contributed by atoms with E-state index in [1.165, 1.54) is 10.9 Å². The van der Waals surface area contributed by atoms with Gasteiger partial charge in [-0.15, -0.1) is 0 Å². The van der Waals surface area contributed by atoms with Gasteiger partial charge in [0.2, 0.25) is 0 Å². The number of hydrogen-bond donors (Lipinski definition) is 1. The molecule has 0 bridgehead atoms. The Morgan fingerprint density at radius 2 is 1.75 bits per heavy atom. The summed E-state index contributed by atoms with van der Waals surface area (Å²) in [6.07, 6.45) is 1.03. The van der Waals surface area contributed by atoms with Gasteiger partial charge in [-0.3, -0.25) is 0 Å². The van der Waals surface area contributed by atoms with Crippen LogP contribution in [0, 0.1) is 0 Å². The maximum absolute atomic E-state index is 6.10. The van der Waals surface area contributed by atoms with Gasteiger partial charge >= 0.3 is 7.12 Å². The van der Waals surface area contributed by atoms with Crippen molar-refractivity contribution in [3.63, 3.8) is 0 Å². The van der Waals surface area contributed by atoms with E-state index in [0.29, 0.717) is 0 Å². The predicted octanol–water partition coefficient (Wildman–Crippen LogP) is 3.03. The summed E-state index contributed by atoms with van der Waals surface area (Å²) in [7, 11) is -0.322. The van der Waals surface area contributed by atoms with Crippen LogP contribution in [0.2, 0.25) is 0 Å². The highest BCUT2D eigenvalue weighted by molar-refractivity contribution is 6.61. The Hall–Kier alpha value is -1.26. The van der Waals surface area contributed by atoms with Crippen LogP contribution in [0.4, 0.5) is 0 Å². The first kappa shape index (κ1) is 13.7.